The molecule has 2 rings (SSSR count). The first-order chi connectivity index (χ1) is 10.1. The number of hydrogen-bond donors (Lipinski definition) is 1. The largest absolute Gasteiger partial charge is 0.463 e. The fraction of sp³-hybridized carbons (Fsp3) is 0.765. The minimum Gasteiger partial charge on any atom is -0.463 e. The summed E-state index contributed by atoms with van der Waals surface area (Å²) in [6, 6.07) is 2.19. The molecule has 0 saturated carbocycles. The van der Waals surface area contributed by atoms with E-state index in [2.05, 4.69) is 37.1 Å². The molecule has 0 aromatic carbocycles. The molecule has 0 aliphatic carbocycles. The number of rotatable bonds is 8. The van der Waals surface area contributed by atoms with Gasteiger partial charge in [0.1, 0.15) is 11.5 Å². The molecule has 2 heterocycles. The number of nitrogens with one attached hydrogen (secondary N) is 1. The Kier molecular flexibility index (Phi) is 6.27. The predicted molar refractivity (Wildman–Crippen MR) is 85.2 cm³/mol. The molecule has 0 amide bonds. The highest BCUT2D eigenvalue weighted by molar-refractivity contribution is 5.20. The minimum absolute atomic E-state index is 0.669. The summed E-state index contributed by atoms with van der Waals surface area (Å²) in [5.74, 6) is 3.52. The first-order valence-corrected chi connectivity index (χ1v) is 8.08. The highest BCUT2D eigenvalue weighted by Crippen LogP contribution is 2.21. The summed E-state index contributed by atoms with van der Waals surface area (Å²) in [4.78, 5) is 2.47. The first kappa shape index (κ1) is 16.5. The van der Waals surface area contributed by atoms with Gasteiger partial charge in [0.15, 0.2) is 0 Å². The van der Waals surface area contributed by atoms with Crippen molar-refractivity contribution in [1.82, 2.24) is 10.2 Å². The molecule has 1 aliphatic rings. The number of likely N-dealkylation sites (tertiary alicyclic amines) is 1. The van der Waals surface area contributed by atoms with Gasteiger partial charge in [0.2, 0.25) is 0 Å². The van der Waals surface area contributed by atoms with E-state index in [9.17, 15) is 0 Å². The molecule has 1 fully saturated rings. The lowest BCUT2D eigenvalue weighted by Gasteiger charge is -2.14. The Hall–Kier alpha value is -0.840. The van der Waals surface area contributed by atoms with Crippen molar-refractivity contribution in [3.8, 4) is 0 Å². The Bertz CT molecular complexity index is 428. The van der Waals surface area contributed by atoms with Gasteiger partial charge in [-0.25, -0.2) is 0 Å². The molecule has 0 bridgehead atoms. The van der Waals surface area contributed by atoms with Gasteiger partial charge in [-0.2, -0.15) is 0 Å². The summed E-state index contributed by atoms with van der Waals surface area (Å²) < 4.78 is 11.3. The third-order valence-electron chi connectivity index (χ3n) is 4.06. The van der Waals surface area contributed by atoms with Crippen LogP contribution in [-0.4, -0.2) is 38.3 Å². The van der Waals surface area contributed by atoms with E-state index < -0.39 is 0 Å². The fourth-order valence-corrected chi connectivity index (χ4v) is 2.97. The molecule has 4 heteroatoms. The molecule has 21 heavy (non-hydrogen) atoms. The van der Waals surface area contributed by atoms with E-state index in [1.807, 2.05) is 0 Å². The van der Waals surface area contributed by atoms with Crippen LogP contribution in [0.25, 0.3) is 0 Å². The van der Waals surface area contributed by atoms with Gasteiger partial charge in [-0.3, -0.25) is 4.90 Å². The highest BCUT2D eigenvalue weighted by Gasteiger charge is 2.23. The normalized spacial score (nSPS) is 19.8. The number of methoxy groups -OCH3 is 1. The van der Waals surface area contributed by atoms with Crippen LogP contribution >= 0.6 is 0 Å². The summed E-state index contributed by atoms with van der Waals surface area (Å²) in [5.41, 5.74) is 1.26. The van der Waals surface area contributed by atoms with E-state index in [-0.39, 0.29) is 0 Å². The number of nitrogens with zero attached hydrogens (tertiary/aromatic N) is 1. The van der Waals surface area contributed by atoms with Gasteiger partial charge < -0.3 is 14.5 Å². The maximum absolute atomic E-state index is 6.02. The lowest BCUT2D eigenvalue weighted by Crippen LogP contribution is -2.21. The Morgan fingerprint density at radius 3 is 3.00 bits per heavy atom. The zero-order valence-electron chi connectivity index (χ0n) is 13.9. The second-order valence-electron chi connectivity index (χ2n) is 6.69. The van der Waals surface area contributed by atoms with Crippen LogP contribution in [0.4, 0.5) is 0 Å². The van der Waals surface area contributed by atoms with E-state index in [4.69, 9.17) is 9.15 Å². The molecule has 1 aromatic heterocycles. The second kappa shape index (κ2) is 7.97. The van der Waals surface area contributed by atoms with Crippen molar-refractivity contribution in [2.24, 2.45) is 11.8 Å². The van der Waals surface area contributed by atoms with Crippen molar-refractivity contribution >= 4 is 0 Å². The van der Waals surface area contributed by atoms with Gasteiger partial charge >= 0.3 is 0 Å². The quantitative estimate of drug-likeness (QED) is 0.800. The SMILES string of the molecule is COCC1CCN(Cc2cc(C)c(CNCC(C)C)o2)C1. The summed E-state index contributed by atoms with van der Waals surface area (Å²) in [7, 11) is 1.79. The Balaban J connectivity index is 1.82. The van der Waals surface area contributed by atoms with Crippen molar-refractivity contribution in [2.75, 3.05) is 33.4 Å². The lowest BCUT2D eigenvalue weighted by molar-refractivity contribution is 0.151. The van der Waals surface area contributed by atoms with Crippen LogP contribution in [0.15, 0.2) is 10.5 Å². The molecule has 1 N–H and O–H groups in total. The number of hydrogen-bond acceptors (Lipinski definition) is 4. The molecular weight excluding hydrogens is 264 g/mol. The van der Waals surface area contributed by atoms with Crippen molar-refractivity contribution in [1.29, 1.82) is 0 Å². The van der Waals surface area contributed by atoms with Crippen LogP contribution in [0, 0.1) is 18.8 Å². The molecule has 1 atom stereocenters. The first-order valence-electron chi connectivity index (χ1n) is 8.08. The van der Waals surface area contributed by atoms with Gasteiger partial charge in [-0.05, 0) is 49.9 Å². The van der Waals surface area contributed by atoms with Crippen molar-refractivity contribution in [2.45, 2.75) is 40.3 Å². The zero-order chi connectivity index (χ0) is 15.2. The lowest BCUT2D eigenvalue weighted by atomic mass is 10.1. The van der Waals surface area contributed by atoms with Crippen LogP contribution in [0.2, 0.25) is 0 Å². The summed E-state index contributed by atoms with van der Waals surface area (Å²) in [6.45, 7) is 12.5. The average Bonchev–Trinajstić information content (AvgIpc) is 2.98. The van der Waals surface area contributed by atoms with Crippen molar-refractivity contribution < 1.29 is 9.15 Å². The molecule has 120 valence electrons. The van der Waals surface area contributed by atoms with Gasteiger partial charge in [-0.1, -0.05) is 13.8 Å². The van der Waals surface area contributed by atoms with E-state index >= 15 is 0 Å². The summed E-state index contributed by atoms with van der Waals surface area (Å²) in [5, 5.41) is 3.45. The van der Waals surface area contributed by atoms with Crippen LogP contribution in [-0.2, 0) is 17.8 Å². The van der Waals surface area contributed by atoms with Gasteiger partial charge in [0.25, 0.3) is 0 Å². The maximum Gasteiger partial charge on any atom is 0.120 e. The van der Waals surface area contributed by atoms with Gasteiger partial charge in [0.05, 0.1) is 19.7 Å². The Morgan fingerprint density at radius 1 is 1.48 bits per heavy atom. The van der Waals surface area contributed by atoms with Gasteiger partial charge in [0, 0.05) is 13.7 Å². The standard InChI is InChI=1S/C17H30N2O2/c1-13(2)8-18-9-17-14(3)7-16(21-17)11-19-6-5-15(10-19)12-20-4/h7,13,15,18H,5-6,8-12H2,1-4H3. The van der Waals surface area contributed by atoms with E-state index in [0.717, 1.165) is 50.9 Å². The predicted octanol–water partition coefficient (Wildman–Crippen LogP) is 2.80. The molecular formula is C17H30N2O2. The maximum atomic E-state index is 6.02. The van der Waals surface area contributed by atoms with Crippen LogP contribution < -0.4 is 5.32 Å². The molecule has 0 radical (unpaired) electrons. The van der Waals surface area contributed by atoms with Crippen molar-refractivity contribution in [3.05, 3.63) is 23.2 Å². The van der Waals surface area contributed by atoms with Crippen LogP contribution in [0.5, 0.6) is 0 Å². The number of aryl methyl sites for hydroxylation is 1. The highest BCUT2D eigenvalue weighted by atomic mass is 16.5. The van der Waals surface area contributed by atoms with E-state index in [1.165, 1.54) is 12.0 Å². The van der Waals surface area contributed by atoms with Gasteiger partial charge in [-0.15, -0.1) is 0 Å². The average molecular weight is 294 g/mol. The number of furan rings is 1. The molecule has 4 nitrogen and oxygen atoms in total. The van der Waals surface area contributed by atoms with E-state index in [1.54, 1.807) is 7.11 Å². The van der Waals surface area contributed by atoms with Crippen LogP contribution in [0.1, 0.15) is 37.4 Å². The monoisotopic (exact) mass is 294 g/mol. The fourth-order valence-electron chi connectivity index (χ4n) is 2.97. The topological polar surface area (TPSA) is 37.6 Å². The summed E-state index contributed by atoms with van der Waals surface area (Å²) in [6.07, 6.45) is 1.23. The third kappa shape index (κ3) is 5.13. The Morgan fingerprint density at radius 2 is 2.29 bits per heavy atom. The zero-order valence-corrected chi connectivity index (χ0v) is 13.9. The summed E-state index contributed by atoms with van der Waals surface area (Å²) >= 11 is 0. The molecule has 1 unspecified atom stereocenters. The molecule has 0 spiro atoms. The molecule has 1 saturated heterocycles. The number of ether oxygens (including phenoxy) is 1. The molecule has 1 aliphatic heterocycles. The minimum atomic E-state index is 0.669. The van der Waals surface area contributed by atoms with E-state index in [0.29, 0.717) is 11.8 Å². The van der Waals surface area contributed by atoms with Crippen molar-refractivity contribution in [3.63, 3.8) is 0 Å². The molecule has 1 aromatic rings. The second-order valence-corrected chi connectivity index (χ2v) is 6.69. The third-order valence-corrected chi connectivity index (χ3v) is 4.06. The van der Waals surface area contributed by atoms with Crippen LogP contribution in [0.3, 0.4) is 0 Å². The smallest absolute Gasteiger partial charge is 0.120 e. The Labute approximate surface area is 128 Å².